The summed E-state index contributed by atoms with van der Waals surface area (Å²) in [6, 6.07) is 0.384. The van der Waals surface area contributed by atoms with Gasteiger partial charge in [-0.2, -0.15) is 0 Å². The Balaban J connectivity index is 2.05. The van der Waals surface area contributed by atoms with Gasteiger partial charge in [0.15, 0.2) is 0 Å². The summed E-state index contributed by atoms with van der Waals surface area (Å²) in [4.78, 5) is 2.25. The van der Waals surface area contributed by atoms with E-state index in [1.54, 1.807) is 7.11 Å². The Hall–Kier alpha value is -0.200. The van der Waals surface area contributed by atoms with Crippen LogP contribution in [0.15, 0.2) is 0 Å². The van der Waals surface area contributed by atoms with Crippen molar-refractivity contribution in [2.45, 2.75) is 25.5 Å². The molecule has 0 aromatic rings. The quantitative estimate of drug-likeness (QED) is 0.615. The van der Waals surface area contributed by atoms with Crippen molar-refractivity contribution in [1.82, 2.24) is 10.2 Å². The summed E-state index contributed by atoms with van der Waals surface area (Å²) in [7, 11) is 1.71. The number of morpholine rings is 1. The molecule has 0 radical (unpaired) electrons. The van der Waals surface area contributed by atoms with Crippen LogP contribution in [0, 0.1) is 0 Å². The lowest BCUT2D eigenvalue weighted by Crippen LogP contribution is -2.45. The highest BCUT2D eigenvalue weighted by molar-refractivity contribution is 4.71. The smallest absolute Gasteiger partial charge is 0.0791 e. The van der Waals surface area contributed by atoms with Crippen LogP contribution in [-0.4, -0.2) is 75.3 Å². The van der Waals surface area contributed by atoms with Gasteiger partial charge in [-0.25, -0.2) is 0 Å². The molecule has 1 heterocycles. The van der Waals surface area contributed by atoms with E-state index in [9.17, 15) is 5.11 Å². The molecular formula is C12H26N2O3. The third-order valence-corrected chi connectivity index (χ3v) is 3.03. The number of aliphatic hydroxyl groups is 1. The van der Waals surface area contributed by atoms with Crippen molar-refractivity contribution in [3.8, 4) is 0 Å². The highest BCUT2D eigenvalue weighted by Crippen LogP contribution is 1.99. The summed E-state index contributed by atoms with van der Waals surface area (Å²) in [5, 5.41) is 13.2. The Morgan fingerprint density at radius 2 is 2.12 bits per heavy atom. The fourth-order valence-electron chi connectivity index (χ4n) is 1.88. The Kier molecular flexibility index (Phi) is 7.72. The first-order valence-electron chi connectivity index (χ1n) is 6.43. The van der Waals surface area contributed by atoms with Crippen molar-refractivity contribution < 1.29 is 14.6 Å². The molecule has 17 heavy (non-hydrogen) atoms. The lowest BCUT2D eigenvalue weighted by atomic mass is 10.2. The molecule has 0 amide bonds. The van der Waals surface area contributed by atoms with Gasteiger partial charge in [0.1, 0.15) is 0 Å². The van der Waals surface area contributed by atoms with Crippen LogP contribution in [0.25, 0.3) is 0 Å². The fourth-order valence-corrected chi connectivity index (χ4v) is 1.88. The molecule has 102 valence electrons. The molecule has 0 bridgehead atoms. The second kappa shape index (κ2) is 8.83. The molecule has 0 spiro atoms. The van der Waals surface area contributed by atoms with Crippen LogP contribution in [0.5, 0.6) is 0 Å². The first-order chi connectivity index (χ1) is 8.22. The topological polar surface area (TPSA) is 54.0 Å². The minimum atomic E-state index is -0.307. The molecule has 2 unspecified atom stereocenters. The molecule has 2 N–H and O–H groups in total. The number of hydrogen-bond acceptors (Lipinski definition) is 5. The first-order valence-corrected chi connectivity index (χ1v) is 6.43. The predicted octanol–water partition coefficient (Wildman–Crippen LogP) is -0.306. The van der Waals surface area contributed by atoms with Gasteiger partial charge < -0.3 is 19.9 Å². The molecule has 1 aliphatic rings. The van der Waals surface area contributed by atoms with Gasteiger partial charge in [0.05, 0.1) is 19.3 Å². The van der Waals surface area contributed by atoms with Crippen LogP contribution in [0.2, 0.25) is 0 Å². The fraction of sp³-hybridized carbons (Fsp3) is 1.00. The van der Waals surface area contributed by atoms with Gasteiger partial charge in [-0.15, -0.1) is 0 Å². The monoisotopic (exact) mass is 246 g/mol. The van der Waals surface area contributed by atoms with Gasteiger partial charge in [0.25, 0.3) is 0 Å². The standard InChI is InChI=1S/C12H26N2O3/c1-11(3-6-16-2)13-9-12(15)10-14-4-7-17-8-5-14/h11-13,15H,3-10H2,1-2H3. The Morgan fingerprint density at radius 1 is 1.41 bits per heavy atom. The predicted molar refractivity (Wildman–Crippen MR) is 67.2 cm³/mol. The van der Waals surface area contributed by atoms with Crippen LogP contribution in [0.3, 0.4) is 0 Å². The van der Waals surface area contributed by atoms with E-state index < -0.39 is 0 Å². The molecule has 2 atom stereocenters. The van der Waals surface area contributed by atoms with Crippen molar-refractivity contribution in [1.29, 1.82) is 0 Å². The summed E-state index contributed by atoms with van der Waals surface area (Å²) in [6.07, 6.45) is 0.666. The number of nitrogens with zero attached hydrogens (tertiary/aromatic N) is 1. The van der Waals surface area contributed by atoms with Crippen LogP contribution in [0.4, 0.5) is 0 Å². The Labute approximate surface area is 104 Å². The van der Waals surface area contributed by atoms with Crippen molar-refractivity contribution in [2.24, 2.45) is 0 Å². The zero-order valence-corrected chi connectivity index (χ0v) is 11.0. The van der Waals surface area contributed by atoms with Crippen molar-refractivity contribution in [2.75, 3.05) is 53.1 Å². The molecule has 5 heteroatoms. The molecule has 5 nitrogen and oxygen atoms in total. The van der Waals surface area contributed by atoms with E-state index >= 15 is 0 Å². The van der Waals surface area contributed by atoms with E-state index in [1.807, 2.05) is 0 Å². The van der Waals surface area contributed by atoms with Crippen molar-refractivity contribution in [3.63, 3.8) is 0 Å². The van der Waals surface area contributed by atoms with E-state index in [0.29, 0.717) is 12.6 Å². The molecule has 1 rings (SSSR count). The van der Waals surface area contributed by atoms with Gasteiger partial charge >= 0.3 is 0 Å². The molecular weight excluding hydrogens is 220 g/mol. The van der Waals surface area contributed by atoms with Gasteiger partial charge in [-0.3, -0.25) is 4.90 Å². The number of hydrogen-bond donors (Lipinski definition) is 2. The average Bonchev–Trinajstić information content (AvgIpc) is 2.35. The van der Waals surface area contributed by atoms with Crippen molar-refractivity contribution in [3.05, 3.63) is 0 Å². The van der Waals surface area contributed by atoms with Gasteiger partial charge in [-0.1, -0.05) is 0 Å². The second-order valence-corrected chi connectivity index (χ2v) is 4.66. The summed E-state index contributed by atoms with van der Waals surface area (Å²) in [5.41, 5.74) is 0. The largest absolute Gasteiger partial charge is 0.390 e. The molecule has 0 saturated carbocycles. The number of ether oxygens (including phenoxy) is 2. The number of aliphatic hydroxyl groups excluding tert-OH is 1. The third kappa shape index (κ3) is 6.95. The van der Waals surface area contributed by atoms with Crippen LogP contribution < -0.4 is 5.32 Å². The zero-order chi connectivity index (χ0) is 12.5. The second-order valence-electron chi connectivity index (χ2n) is 4.66. The maximum absolute atomic E-state index is 9.90. The van der Waals surface area contributed by atoms with Gasteiger partial charge in [-0.05, 0) is 13.3 Å². The molecule has 1 saturated heterocycles. The van der Waals surface area contributed by atoms with Crippen LogP contribution >= 0.6 is 0 Å². The normalized spacial score (nSPS) is 21.4. The van der Waals surface area contributed by atoms with E-state index in [-0.39, 0.29) is 6.10 Å². The molecule has 1 aliphatic heterocycles. The number of β-amino-alcohol motifs (C(OH)–C–C–N with tert-alkyl or cyclic N) is 1. The van der Waals surface area contributed by atoms with Crippen molar-refractivity contribution >= 4 is 0 Å². The summed E-state index contributed by atoms with van der Waals surface area (Å²) >= 11 is 0. The average molecular weight is 246 g/mol. The van der Waals surface area contributed by atoms with E-state index in [1.165, 1.54) is 0 Å². The molecule has 0 aromatic heterocycles. The SMILES string of the molecule is COCCC(C)NCC(O)CN1CCOCC1. The van der Waals surface area contributed by atoms with E-state index in [0.717, 1.165) is 45.9 Å². The molecule has 0 aromatic carbocycles. The lowest BCUT2D eigenvalue weighted by Gasteiger charge is -2.29. The minimum Gasteiger partial charge on any atom is -0.390 e. The van der Waals surface area contributed by atoms with Gasteiger partial charge in [0.2, 0.25) is 0 Å². The Morgan fingerprint density at radius 3 is 2.76 bits per heavy atom. The zero-order valence-electron chi connectivity index (χ0n) is 11.0. The molecule has 0 aliphatic carbocycles. The lowest BCUT2D eigenvalue weighted by molar-refractivity contribution is 0.0144. The number of rotatable bonds is 8. The summed E-state index contributed by atoms with van der Waals surface area (Å²) < 4.78 is 10.3. The summed E-state index contributed by atoms with van der Waals surface area (Å²) in [6.45, 7) is 7.66. The maximum atomic E-state index is 9.90. The molecule has 1 fully saturated rings. The maximum Gasteiger partial charge on any atom is 0.0791 e. The highest BCUT2D eigenvalue weighted by atomic mass is 16.5. The third-order valence-electron chi connectivity index (χ3n) is 3.03. The first kappa shape index (κ1) is 14.9. The van der Waals surface area contributed by atoms with E-state index in [2.05, 4.69) is 17.1 Å². The highest BCUT2D eigenvalue weighted by Gasteiger charge is 2.15. The van der Waals surface area contributed by atoms with Gasteiger partial charge in [0, 0.05) is 45.9 Å². The van der Waals surface area contributed by atoms with E-state index in [4.69, 9.17) is 9.47 Å². The number of methoxy groups -OCH3 is 1. The minimum absolute atomic E-state index is 0.307. The Bertz CT molecular complexity index is 187. The van der Waals surface area contributed by atoms with Crippen LogP contribution in [0.1, 0.15) is 13.3 Å². The summed E-state index contributed by atoms with van der Waals surface area (Å²) in [5.74, 6) is 0. The van der Waals surface area contributed by atoms with Crippen LogP contribution in [-0.2, 0) is 9.47 Å². The number of nitrogens with one attached hydrogen (secondary N) is 1.